The number of carbonyl (C=O) groups is 4. The van der Waals surface area contributed by atoms with Crippen LogP contribution in [0.25, 0.3) is 0 Å². The highest BCUT2D eigenvalue weighted by Crippen LogP contribution is 2.25. The van der Waals surface area contributed by atoms with Crippen molar-refractivity contribution in [2.45, 2.75) is 58.5 Å². The molecule has 4 amide bonds. The predicted molar refractivity (Wildman–Crippen MR) is 111 cm³/mol. The molecule has 0 aliphatic carbocycles. The van der Waals surface area contributed by atoms with Gasteiger partial charge in [-0.1, -0.05) is 58.0 Å². The second kappa shape index (κ2) is 10.2. The third-order valence-corrected chi connectivity index (χ3v) is 5.35. The van der Waals surface area contributed by atoms with Crippen LogP contribution in [0.1, 0.15) is 58.6 Å². The molecule has 2 rings (SSSR count). The van der Waals surface area contributed by atoms with E-state index in [1.54, 1.807) is 13.8 Å². The Morgan fingerprint density at radius 3 is 2.30 bits per heavy atom. The number of benzene rings is 1. The molecule has 1 atom stereocenters. The molecule has 164 valence electrons. The third kappa shape index (κ3) is 5.58. The summed E-state index contributed by atoms with van der Waals surface area (Å²) in [4.78, 5) is 49.9. The van der Waals surface area contributed by atoms with E-state index < -0.39 is 42.5 Å². The van der Waals surface area contributed by atoms with Gasteiger partial charge in [-0.25, -0.2) is 4.79 Å². The molecular weight excluding hydrogens is 386 g/mol. The number of urea groups is 1. The van der Waals surface area contributed by atoms with Gasteiger partial charge in [-0.15, -0.1) is 0 Å². The van der Waals surface area contributed by atoms with Gasteiger partial charge in [0.25, 0.3) is 11.8 Å². The number of esters is 1. The fraction of sp³-hybridized carbons (Fsp3) is 0.545. The molecule has 1 aliphatic heterocycles. The summed E-state index contributed by atoms with van der Waals surface area (Å²) in [6.07, 6.45) is 1.60. The van der Waals surface area contributed by atoms with Crippen LogP contribution in [0, 0.1) is 5.92 Å². The fourth-order valence-electron chi connectivity index (χ4n) is 3.54. The van der Waals surface area contributed by atoms with Gasteiger partial charge in [0.15, 0.2) is 6.61 Å². The normalized spacial score (nSPS) is 16.4. The molecule has 1 aliphatic rings. The van der Waals surface area contributed by atoms with Gasteiger partial charge in [-0.3, -0.25) is 19.3 Å². The van der Waals surface area contributed by atoms with Crippen molar-refractivity contribution in [2.24, 2.45) is 5.92 Å². The van der Waals surface area contributed by atoms with Crippen molar-refractivity contribution < 1.29 is 23.9 Å². The van der Waals surface area contributed by atoms with Crippen molar-refractivity contribution in [1.82, 2.24) is 15.5 Å². The molecular formula is C22H31N3O5. The van der Waals surface area contributed by atoms with E-state index in [2.05, 4.69) is 24.5 Å². The van der Waals surface area contributed by atoms with Crippen molar-refractivity contribution in [3.63, 3.8) is 0 Å². The minimum atomic E-state index is -0.978. The Labute approximate surface area is 177 Å². The lowest BCUT2D eigenvalue weighted by molar-refractivity contribution is -0.151. The van der Waals surface area contributed by atoms with Crippen LogP contribution in [0.3, 0.4) is 0 Å². The fourth-order valence-corrected chi connectivity index (χ4v) is 3.54. The zero-order chi connectivity index (χ0) is 22.3. The van der Waals surface area contributed by atoms with Crippen molar-refractivity contribution in [2.75, 3.05) is 13.2 Å². The molecule has 1 heterocycles. The second-order valence-corrected chi connectivity index (χ2v) is 7.93. The summed E-state index contributed by atoms with van der Waals surface area (Å²) < 4.78 is 5.01. The minimum absolute atomic E-state index is 0.196. The number of hydrogen-bond acceptors (Lipinski definition) is 5. The Hall–Kier alpha value is -2.90. The molecule has 1 saturated heterocycles. The van der Waals surface area contributed by atoms with Crippen molar-refractivity contribution in [1.29, 1.82) is 0 Å². The maximum atomic E-state index is 12.5. The Morgan fingerprint density at radius 1 is 1.13 bits per heavy atom. The van der Waals surface area contributed by atoms with Crippen LogP contribution in [0.15, 0.2) is 30.3 Å². The van der Waals surface area contributed by atoms with Crippen LogP contribution in [0.5, 0.6) is 0 Å². The van der Waals surface area contributed by atoms with Crippen LogP contribution < -0.4 is 10.6 Å². The Balaban J connectivity index is 1.90. The smallest absolute Gasteiger partial charge is 0.326 e. The first-order valence-corrected chi connectivity index (χ1v) is 10.4. The van der Waals surface area contributed by atoms with E-state index in [0.29, 0.717) is 18.8 Å². The van der Waals surface area contributed by atoms with Gasteiger partial charge >= 0.3 is 12.0 Å². The van der Waals surface area contributed by atoms with Gasteiger partial charge in [0.1, 0.15) is 12.1 Å². The average molecular weight is 418 g/mol. The zero-order valence-electron chi connectivity index (χ0n) is 18.1. The van der Waals surface area contributed by atoms with E-state index in [0.717, 1.165) is 16.9 Å². The second-order valence-electron chi connectivity index (χ2n) is 7.93. The summed E-state index contributed by atoms with van der Waals surface area (Å²) in [5.41, 5.74) is -0.00484. The largest absolute Gasteiger partial charge is 0.454 e. The van der Waals surface area contributed by atoms with E-state index in [4.69, 9.17) is 4.74 Å². The third-order valence-electron chi connectivity index (χ3n) is 5.35. The van der Waals surface area contributed by atoms with E-state index in [1.807, 2.05) is 30.3 Å². The molecule has 0 unspecified atom stereocenters. The molecule has 30 heavy (non-hydrogen) atoms. The Morgan fingerprint density at radius 2 is 1.77 bits per heavy atom. The molecule has 1 fully saturated rings. The molecule has 1 aromatic rings. The van der Waals surface area contributed by atoms with E-state index in [9.17, 15) is 19.2 Å². The maximum absolute atomic E-state index is 12.5. The number of amides is 4. The number of nitrogens with zero attached hydrogens (tertiary/aromatic N) is 1. The average Bonchev–Trinajstić information content (AvgIpc) is 2.96. The topological polar surface area (TPSA) is 105 Å². The SMILES string of the molecule is CCC1(CC)NC(=O)N(CC(=O)OCC(=O)N[C@@H](CC(C)C)c2ccccc2)C1=O. The van der Waals surface area contributed by atoms with Gasteiger partial charge in [0, 0.05) is 0 Å². The quantitative estimate of drug-likeness (QED) is 0.450. The van der Waals surface area contributed by atoms with Crippen LogP contribution in [0.2, 0.25) is 0 Å². The van der Waals surface area contributed by atoms with Gasteiger partial charge in [0.05, 0.1) is 6.04 Å². The first kappa shape index (κ1) is 23.4. The summed E-state index contributed by atoms with van der Waals surface area (Å²) in [5.74, 6) is -1.33. The summed E-state index contributed by atoms with van der Waals surface area (Å²) in [6, 6.07) is 8.76. The highest BCUT2D eigenvalue weighted by atomic mass is 16.5. The molecule has 8 nitrogen and oxygen atoms in total. The standard InChI is InChI=1S/C22H31N3O5/c1-5-22(6-2)20(28)25(21(29)24-22)13-19(27)30-14-18(26)23-17(12-15(3)4)16-10-8-7-9-11-16/h7-11,15,17H,5-6,12-14H2,1-4H3,(H,23,26)(H,24,29)/t17-/m0/s1. The summed E-state index contributed by atoms with van der Waals surface area (Å²) in [5, 5.41) is 5.54. The Bertz CT molecular complexity index is 774. The molecule has 0 bridgehead atoms. The molecule has 2 N–H and O–H groups in total. The molecule has 0 aromatic heterocycles. The van der Waals surface area contributed by atoms with Crippen molar-refractivity contribution >= 4 is 23.8 Å². The molecule has 0 saturated carbocycles. The van der Waals surface area contributed by atoms with Gasteiger partial charge in [-0.05, 0) is 30.7 Å². The predicted octanol–water partition coefficient (Wildman–Crippen LogP) is 2.54. The number of imide groups is 1. The molecule has 0 spiro atoms. The number of ether oxygens (including phenoxy) is 1. The van der Waals surface area contributed by atoms with Crippen molar-refractivity contribution in [3.8, 4) is 0 Å². The first-order valence-electron chi connectivity index (χ1n) is 10.4. The number of nitrogens with one attached hydrogen (secondary N) is 2. The highest BCUT2D eigenvalue weighted by Gasteiger charge is 2.49. The maximum Gasteiger partial charge on any atom is 0.326 e. The van der Waals surface area contributed by atoms with E-state index >= 15 is 0 Å². The van der Waals surface area contributed by atoms with Gasteiger partial charge < -0.3 is 15.4 Å². The minimum Gasteiger partial charge on any atom is -0.454 e. The zero-order valence-corrected chi connectivity index (χ0v) is 18.1. The van der Waals surface area contributed by atoms with Gasteiger partial charge in [0.2, 0.25) is 0 Å². The Kier molecular flexibility index (Phi) is 7.97. The number of rotatable bonds is 10. The molecule has 1 aromatic carbocycles. The lowest BCUT2D eigenvalue weighted by atomic mass is 9.93. The van der Waals surface area contributed by atoms with E-state index in [1.165, 1.54) is 0 Å². The lowest BCUT2D eigenvalue weighted by Gasteiger charge is -2.23. The summed E-state index contributed by atoms with van der Waals surface area (Å²) in [6.45, 7) is 6.73. The first-order chi connectivity index (χ1) is 14.2. The molecule has 0 radical (unpaired) electrons. The van der Waals surface area contributed by atoms with Crippen LogP contribution in [0.4, 0.5) is 4.79 Å². The monoisotopic (exact) mass is 417 g/mol. The summed E-state index contributed by atoms with van der Waals surface area (Å²) in [7, 11) is 0. The van der Waals surface area contributed by atoms with E-state index in [-0.39, 0.29) is 6.04 Å². The van der Waals surface area contributed by atoms with Crippen LogP contribution >= 0.6 is 0 Å². The highest BCUT2D eigenvalue weighted by molar-refractivity contribution is 6.08. The number of carbonyl (C=O) groups excluding carboxylic acids is 4. The molecule has 8 heteroatoms. The van der Waals surface area contributed by atoms with Crippen molar-refractivity contribution in [3.05, 3.63) is 35.9 Å². The number of hydrogen-bond donors (Lipinski definition) is 2. The van der Waals surface area contributed by atoms with Crippen LogP contribution in [-0.2, 0) is 19.1 Å². The van der Waals surface area contributed by atoms with Crippen LogP contribution in [-0.4, -0.2) is 47.4 Å². The summed E-state index contributed by atoms with van der Waals surface area (Å²) >= 11 is 0. The van der Waals surface area contributed by atoms with Gasteiger partial charge in [-0.2, -0.15) is 0 Å². The lowest BCUT2D eigenvalue weighted by Crippen LogP contribution is -2.46.